The standard InChI is InChI=1S/C18H12FNO4/c19-11-2-4-14-13(7-11)16(18(23)20-14)17-12-3-1-9(6-15(21)22)5-10(12)8-24-17/h1-5,7H,6,8H2,(H,20,23)(H,21,22). The van der Waals surface area contributed by atoms with Gasteiger partial charge in [-0.05, 0) is 23.8 Å². The summed E-state index contributed by atoms with van der Waals surface area (Å²) in [5, 5.41) is 11.6. The third-order valence-corrected chi connectivity index (χ3v) is 4.09. The maximum Gasteiger partial charge on any atom is 0.307 e. The van der Waals surface area contributed by atoms with Crippen molar-refractivity contribution in [2.75, 3.05) is 5.32 Å². The lowest BCUT2D eigenvalue weighted by atomic mass is 9.98. The van der Waals surface area contributed by atoms with Crippen LogP contribution < -0.4 is 5.32 Å². The number of nitrogens with one attached hydrogen (secondary N) is 1. The number of carboxylic acid groups (broad SMARTS) is 1. The molecule has 120 valence electrons. The minimum Gasteiger partial charge on any atom is -0.487 e. The Bertz CT molecular complexity index is 933. The number of carbonyl (C=O) groups is 2. The molecule has 1 amide bonds. The van der Waals surface area contributed by atoms with Gasteiger partial charge in [-0.25, -0.2) is 4.39 Å². The minimum absolute atomic E-state index is 0.0757. The Labute approximate surface area is 136 Å². The third kappa shape index (κ3) is 2.23. The number of amides is 1. The van der Waals surface area contributed by atoms with Crippen molar-refractivity contribution in [2.45, 2.75) is 13.0 Å². The van der Waals surface area contributed by atoms with Gasteiger partial charge in [0.2, 0.25) is 0 Å². The maximum atomic E-state index is 13.6. The number of benzene rings is 2. The molecule has 2 aromatic rings. The predicted octanol–water partition coefficient (Wildman–Crippen LogP) is 2.80. The van der Waals surface area contributed by atoms with Crippen LogP contribution in [-0.2, 0) is 27.4 Å². The van der Waals surface area contributed by atoms with Crippen LogP contribution in [0.3, 0.4) is 0 Å². The van der Waals surface area contributed by atoms with Crippen molar-refractivity contribution in [3.05, 3.63) is 64.5 Å². The lowest BCUT2D eigenvalue weighted by Gasteiger charge is -2.05. The van der Waals surface area contributed by atoms with E-state index in [1.807, 2.05) is 0 Å². The molecular weight excluding hydrogens is 313 g/mol. The molecule has 0 aromatic heterocycles. The van der Waals surface area contributed by atoms with E-state index < -0.39 is 11.8 Å². The minimum atomic E-state index is -0.910. The number of anilines is 1. The van der Waals surface area contributed by atoms with Crippen molar-refractivity contribution in [3.63, 3.8) is 0 Å². The molecule has 5 nitrogen and oxygen atoms in total. The molecule has 0 bridgehead atoms. The van der Waals surface area contributed by atoms with Crippen LogP contribution in [0.25, 0.3) is 11.3 Å². The second kappa shape index (κ2) is 5.19. The molecular formula is C18H12FNO4. The Kier molecular flexibility index (Phi) is 3.13. The first kappa shape index (κ1) is 14.4. The van der Waals surface area contributed by atoms with Crippen molar-refractivity contribution in [1.29, 1.82) is 0 Å². The quantitative estimate of drug-likeness (QED) is 0.833. The highest BCUT2D eigenvalue weighted by Crippen LogP contribution is 2.41. The largest absolute Gasteiger partial charge is 0.487 e. The van der Waals surface area contributed by atoms with E-state index >= 15 is 0 Å². The van der Waals surface area contributed by atoms with E-state index in [9.17, 15) is 14.0 Å². The van der Waals surface area contributed by atoms with Gasteiger partial charge in [-0.15, -0.1) is 0 Å². The summed E-state index contributed by atoms with van der Waals surface area (Å²) in [6, 6.07) is 9.30. The molecule has 2 aliphatic heterocycles. The molecule has 0 spiro atoms. The molecule has 0 fully saturated rings. The van der Waals surface area contributed by atoms with Crippen LogP contribution in [0.4, 0.5) is 10.1 Å². The molecule has 2 heterocycles. The van der Waals surface area contributed by atoms with E-state index in [2.05, 4.69) is 5.32 Å². The van der Waals surface area contributed by atoms with Crippen LogP contribution in [0, 0.1) is 5.82 Å². The molecule has 0 unspecified atom stereocenters. The first-order chi connectivity index (χ1) is 11.5. The third-order valence-electron chi connectivity index (χ3n) is 4.09. The number of rotatable bonds is 2. The smallest absolute Gasteiger partial charge is 0.307 e. The first-order valence-corrected chi connectivity index (χ1v) is 7.35. The highest BCUT2D eigenvalue weighted by Gasteiger charge is 2.32. The van der Waals surface area contributed by atoms with Gasteiger partial charge in [-0.3, -0.25) is 9.59 Å². The van der Waals surface area contributed by atoms with Crippen LogP contribution in [0.2, 0.25) is 0 Å². The monoisotopic (exact) mass is 325 g/mol. The summed E-state index contributed by atoms with van der Waals surface area (Å²) < 4.78 is 19.2. The fourth-order valence-electron chi connectivity index (χ4n) is 3.07. The van der Waals surface area contributed by atoms with E-state index in [0.717, 1.165) is 11.1 Å². The van der Waals surface area contributed by atoms with Crippen LogP contribution in [-0.4, -0.2) is 17.0 Å². The number of carbonyl (C=O) groups excluding carboxylic acids is 1. The molecule has 0 saturated carbocycles. The Morgan fingerprint density at radius 2 is 2.04 bits per heavy atom. The molecule has 2 N–H and O–H groups in total. The highest BCUT2D eigenvalue weighted by molar-refractivity contribution is 6.36. The van der Waals surface area contributed by atoms with Crippen molar-refractivity contribution in [1.82, 2.24) is 0 Å². The number of fused-ring (bicyclic) bond motifs is 2. The second-order valence-electron chi connectivity index (χ2n) is 5.70. The molecule has 24 heavy (non-hydrogen) atoms. The maximum absolute atomic E-state index is 13.6. The van der Waals surface area contributed by atoms with Crippen molar-refractivity contribution < 1.29 is 23.8 Å². The predicted molar refractivity (Wildman–Crippen MR) is 84.4 cm³/mol. The van der Waals surface area contributed by atoms with Crippen LogP contribution in [0.15, 0.2) is 36.4 Å². The van der Waals surface area contributed by atoms with Gasteiger partial charge in [0.05, 0.1) is 12.0 Å². The Hall–Kier alpha value is -3.15. The number of aliphatic carboxylic acids is 1. The van der Waals surface area contributed by atoms with Gasteiger partial charge in [-0.2, -0.15) is 0 Å². The summed E-state index contributed by atoms with van der Waals surface area (Å²) in [5.74, 6) is -1.29. The Balaban J connectivity index is 1.83. The fraction of sp³-hybridized carbons (Fsp3) is 0.111. The molecule has 2 aliphatic rings. The molecule has 0 atom stereocenters. The van der Waals surface area contributed by atoms with Crippen LogP contribution >= 0.6 is 0 Å². The van der Waals surface area contributed by atoms with E-state index in [1.54, 1.807) is 18.2 Å². The van der Waals surface area contributed by atoms with Gasteiger partial charge >= 0.3 is 5.97 Å². The SMILES string of the molecule is O=C(O)Cc1ccc2c(c1)COC2=C1C(=O)Nc2ccc(F)cc21. The summed E-state index contributed by atoms with van der Waals surface area (Å²) in [6.07, 6.45) is -0.0757. The lowest BCUT2D eigenvalue weighted by Crippen LogP contribution is -2.05. The Morgan fingerprint density at radius 3 is 2.83 bits per heavy atom. The lowest BCUT2D eigenvalue weighted by molar-refractivity contribution is -0.136. The molecule has 0 saturated heterocycles. The molecule has 2 aromatic carbocycles. The molecule has 6 heteroatoms. The number of halogens is 1. The van der Waals surface area contributed by atoms with Gasteiger partial charge in [-0.1, -0.05) is 18.2 Å². The van der Waals surface area contributed by atoms with E-state index in [1.165, 1.54) is 18.2 Å². The summed E-state index contributed by atoms with van der Waals surface area (Å²) in [5.41, 5.74) is 3.52. The van der Waals surface area contributed by atoms with Crippen molar-refractivity contribution in [3.8, 4) is 0 Å². The molecule has 0 radical (unpaired) electrons. The summed E-state index contributed by atoms with van der Waals surface area (Å²) in [4.78, 5) is 23.1. The zero-order valence-corrected chi connectivity index (χ0v) is 12.4. The second-order valence-corrected chi connectivity index (χ2v) is 5.70. The van der Waals surface area contributed by atoms with E-state index in [4.69, 9.17) is 9.84 Å². The van der Waals surface area contributed by atoms with Crippen LogP contribution in [0.5, 0.6) is 0 Å². The van der Waals surface area contributed by atoms with E-state index in [-0.39, 0.29) is 18.9 Å². The first-order valence-electron chi connectivity index (χ1n) is 7.35. The van der Waals surface area contributed by atoms with Gasteiger partial charge in [0.25, 0.3) is 5.91 Å². The van der Waals surface area contributed by atoms with Crippen molar-refractivity contribution >= 4 is 28.9 Å². The molecule has 4 rings (SSSR count). The van der Waals surface area contributed by atoms with Crippen LogP contribution in [0.1, 0.15) is 22.3 Å². The van der Waals surface area contributed by atoms with Gasteiger partial charge in [0.1, 0.15) is 18.2 Å². The number of carboxylic acids is 1. The summed E-state index contributed by atoms with van der Waals surface area (Å²) >= 11 is 0. The fourth-order valence-corrected chi connectivity index (χ4v) is 3.07. The normalized spacial score (nSPS) is 18.0. The van der Waals surface area contributed by atoms with E-state index in [0.29, 0.717) is 28.1 Å². The van der Waals surface area contributed by atoms with Gasteiger partial charge in [0.15, 0.2) is 0 Å². The van der Waals surface area contributed by atoms with Gasteiger partial charge in [0, 0.05) is 22.4 Å². The number of ether oxygens (including phenoxy) is 1. The zero-order chi connectivity index (χ0) is 16.8. The highest BCUT2D eigenvalue weighted by atomic mass is 19.1. The summed E-state index contributed by atoms with van der Waals surface area (Å²) in [6.45, 7) is 0.250. The molecule has 0 aliphatic carbocycles. The Morgan fingerprint density at radius 1 is 1.21 bits per heavy atom. The number of hydrogen-bond acceptors (Lipinski definition) is 3. The van der Waals surface area contributed by atoms with Crippen molar-refractivity contribution in [2.24, 2.45) is 0 Å². The average Bonchev–Trinajstić information content (AvgIpc) is 3.06. The number of hydrogen-bond donors (Lipinski definition) is 2. The zero-order valence-electron chi connectivity index (χ0n) is 12.4. The topological polar surface area (TPSA) is 75.6 Å². The summed E-state index contributed by atoms with van der Waals surface area (Å²) in [7, 11) is 0. The van der Waals surface area contributed by atoms with Gasteiger partial charge < -0.3 is 15.2 Å². The average molecular weight is 325 g/mol.